The largest absolute Gasteiger partial charge is 0.480 e. The molecule has 0 aromatic heterocycles. The molecular formula is C18H26N4O2. The van der Waals surface area contributed by atoms with E-state index in [0.717, 1.165) is 12.1 Å². The van der Waals surface area contributed by atoms with Gasteiger partial charge in [-0.1, -0.05) is 20.8 Å². The van der Waals surface area contributed by atoms with Crippen LogP contribution in [-0.2, 0) is 4.79 Å². The van der Waals surface area contributed by atoms with Crippen LogP contribution in [0.5, 0.6) is 0 Å². The molecule has 1 rings (SSSR count). The minimum atomic E-state index is -0.996. The van der Waals surface area contributed by atoms with Crippen LogP contribution in [0.4, 0.5) is 5.69 Å². The first kappa shape index (κ1) is 19.5. The van der Waals surface area contributed by atoms with Crippen LogP contribution in [0.25, 0.3) is 0 Å². The number of nitrogens with one attached hydrogen (secondary N) is 2. The van der Waals surface area contributed by atoms with E-state index in [1.54, 1.807) is 24.3 Å². The number of guanidine groups is 1. The fourth-order valence-electron chi connectivity index (χ4n) is 2.71. The first-order chi connectivity index (χ1) is 11.0. The number of hydrogen-bond donors (Lipinski definition) is 3. The van der Waals surface area contributed by atoms with Gasteiger partial charge in [0.25, 0.3) is 0 Å². The van der Waals surface area contributed by atoms with E-state index in [0.29, 0.717) is 11.5 Å². The van der Waals surface area contributed by atoms with Crippen molar-refractivity contribution in [3.63, 3.8) is 0 Å². The summed E-state index contributed by atoms with van der Waals surface area (Å²) in [5.74, 6) is -0.596. The zero-order chi connectivity index (χ0) is 18.4. The highest BCUT2D eigenvalue weighted by molar-refractivity contribution is 5.95. The Bertz CT molecular complexity index is 634. The number of benzene rings is 1. The predicted molar refractivity (Wildman–Crippen MR) is 96.0 cm³/mol. The van der Waals surface area contributed by atoms with Crippen LogP contribution in [0.3, 0.4) is 0 Å². The predicted octanol–water partition coefficient (Wildman–Crippen LogP) is 3.22. The summed E-state index contributed by atoms with van der Waals surface area (Å²) in [5.41, 5.74) is 1.14. The van der Waals surface area contributed by atoms with Crippen molar-refractivity contribution < 1.29 is 9.90 Å². The third-order valence-corrected chi connectivity index (χ3v) is 3.08. The summed E-state index contributed by atoms with van der Waals surface area (Å²) in [4.78, 5) is 14.9. The van der Waals surface area contributed by atoms with Gasteiger partial charge < -0.3 is 15.7 Å². The Labute approximate surface area is 143 Å². The number of rotatable bonds is 5. The molecule has 0 aliphatic carbocycles. The van der Waals surface area contributed by atoms with Crippen molar-refractivity contribution in [3.8, 4) is 6.07 Å². The van der Waals surface area contributed by atoms with E-state index in [-0.39, 0.29) is 17.5 Å². The van der Waals surface area contributed by atoms with Gasteiger partial charge in [-0.2, -0.15) is 5.26 Å². The highest BCUT2D eigenvalue weighted by atomic mass is 16.4. The van der Waals surface area contributed by atoms with Crippen molar-refractivity contribution in [2.24, 2.45) is 10.4 Å². The summed E-state index contributed by atoms with van der Waals surface area (Å²) in [6.45, 7) is 10.2. The number of carbonyl (C=O) groups is 1. The standard InChI is InChI=1S/C18H26N4O2/c1-17(2,3)12-18(4,5)22-16(20-11-15(23)24)21-14-8-6-13(10-19)7-9-14/h6-9H,11-12H2,1-5H3,(H,23,24)(H2,20,21,22). The van der Waals surface area contributed by atoms with Gasteiger partial charge in [0, 0.05) is 11.2 Å². The lowest BCUT2D eigenvalue weighted by molar-refractivity contribution is -0.135. The Morgan fingerprint density at radius 1 is 1.21 bits per heavy atom. The summed E-state index contributed by atoms with van der Waals surface area (Å²) in [6, 6.07) is 8.96. The molecule has 0 saturated heterocycles. The Kier molecular flexibility index (Phi) is 6.35. The molecule has 0 aliphatic heterocycles. The summed E-state index contributed by atoms with van der Waals surface area (Å²) in [5, 5.41) is 24.1. The molecule has 0 amide bonds. The number of anilines is 1. The average Bonchev–Trinajstić information content (AvgIpc) is 2.42. The Hall–Kier alpha value is -2.55. The fourth-order valence-corrected chi connectivity index (χ4v) is 2.71. The highest BCUT2D eigenvalue weighted by Crippen LogP contribution is 2.26. The van der Waals surface area contributed by atoms with E-state index < -0.39 is 5.97 Å². The maximum Gasteiger partial charge on any atom is 0.325 e. The van der Waals surface area contributed by atoms with E-state index in [4.69, 9.17) is 10.4 Å². The molecule has 0 radical (unpaired) electrons. The first-order valence-corrected chi connectivity index (χ1v) is 7.82. The van der Waals surface area contributed by atoms with E-state index >= 15 is 0 Å². The third-order valence-electron chi connectivity index (χ3n) is 3.08. The molecule has 0 bridgehead atoms. The number of aliphatic carboxylic acids is 1. The van der Waals surface area contributed by atoms with Crippen molar-refractivity contribution in [2.45, 2.75) is 46.6 Å². The average molecular weight is 330 g/mol. The summed E-state index contributed by atoms with van der Waals surface area (Å²) in [7, 11) is 0. The summed E-state index contributed by atoms with van der Waals surface area (Å²) in [6.07, 6.45) is 0.876. The topological polar surface area (TPSA) is 97.5 Å². The molecule has 0 heterocycles. The van der Waals surface area contributed by atoms with Crippen LogP contribution < -0.4 is 10.6 Å². The van der Waals surface area contributed by atoms with Gasteiger partial charge in [-0.05, 0) is 49.9 Å². The Balaban J connectivity index is 2.93. The molecule has 3 N–H and O–H groups in total. The number of nitriles is 1. The van der Waals surface area contributed by atoms with Gasteiger partial charge in [-0.3, -0.25) is 4.79 Å². The van der Waals surface area contributed by atoms with Crippen LogP contribution in [-0.4, -0.2) is 29.1 Å². The van der Waals surface area contributed by atoms with Crippen LogP contribution in [0.2, 0.25) is 0 Å². The molecular weight excluding hydrogens is 304 g/mol. The van der Waals surface area contributed by atoms with Gasteiger partial charge >= 0.3 is 5.97 Å². The summed E-state index contributed by atoms with van der Waals surface area (Å²) >= 11 is 0. The zero-order valence-corrected chi connectivity index (χ0v) is 15.0. The van der Waals surface area contributed by atoms with E-state index in [2.05, 4.69) is 56.3 Å². The minimum absolute atomic E-state index is 0.114. The van der Waals surface area contributed by atoms with Gasteiger partial charge in [-0.25, -0.2) is 4.99 Å². The second-order valence-electron chi connectivity index (χ2n) is 7.62. The molecule has 0 fully saturated rings. The zero-order valence-electron chi connectivity index (χ0n) is 15.0. The monoisotopic (exact) mass is 330 g/mol. The third kappa shape index (κ3) is 7.63. The van der Waals surface area contributed by atoms with Gasteiger partial charge in [0.2, 0.25) is 0 Å². The molecule has 6 heteroatoms. The molecule has 0 spiro atoms. The molecule has 24 heavy (non-hydrogen) atoms. The first-order valence-electron chi connectivity index (χ1n) is 7.82. The van der Waals surface area contributed by atoms with E-state index in [9.17, 15) is 4.79 Å². The molecule has 130 valence electrons. The Morgan fingerprint density at radius 2 is 1.79 bits per heavy atom. The quantitative estimate of drug-likeness (QED) is 0.569. The van der Waals surface area contributed by atoms with Crippen molar-refractivity contribution in [2.75, 3.05) is 11.9 Å². The molecule has 6 nitrogen and oxygen atoms in total. The SMILES string of the molecule is CC(C)(C)CC(C)(C)NC(=NCC(=O)O)Nc1ccc(C#N)cc1. The van der Waals surface area contributed by atoms with Crippen LogP contribution in [0, 0.1) is 16.7 Å². The maximum absolute atomic E-state index is 10.8. The molecule has 1 aromatic rings. The van der Waals surface area contributed by atoms with E-state index in [1.165, 1.54) is 0 Å². The fraction of sp³-hybridized carbons (Fsp3) is 0.500. The number of carboxylic acid groups (broad SMARTS) is 1. The number of carboxylic acids is 1. The van der Waals surface area contributed by atoms with E-state index in [1.807, 2.05) is 0 Å². The molecule has 0 atom stereocenters. The second kappa shape index (κ2) is 7.82. The van der Waals surface area contributed by atoms with Crippen molar-refractivity contribution in [1.29, 1.82) is 5.26 Å². The second-order valence-corrected chi connectivity index (χ2v) is 7.62. The lowest BCUT2D eigenvalue weighted by atomic mass is 9.82. The number of aliphatic imine (C=N–C) groups is 1. The lowest BCUT2D eigenvalue weighted by Gasteiger charge is -2.34. The van der Waals surface area contributed by atoms with Crippen molar-refractivity contribution in [1.82, 2.24) is 5.32 Å². The smallest absolute Gasteiger partial charge is 0.325 e. The van der Waals surface area contributed by atoms with Crippen molar-refractivity contribution >= 4 is 17.6 Å². The van der Waals surface area contributed by atoms with Gasteiger partial charge in [0.1, 0.15) is 6.54 Å². The number of nitrogens with zero attached hydrogens (tertiary/aromatic N) is 2. The van der Waals surface area contributed by atoms with Crippen LogP contribution in [0.1, 0.15) is 46.6 Å². The minimum Gasteiger partial charge on any atom is -0.480 e. The van der Waals surface area contributed by atoms with Gasteiger partial charge in [0.15, 0.2) is 5.96 Å². The summed E-state index contributed by atoms with van der Waals surface area (Å²) < 4.78 is 0. The normalized spacial score (nSPS) is 12.4. The lowest BCUT2D eigenvalue weighted by Crippen LogP contribution is -2.48. The van der Waals surface area contributed by atoms with Crippen LogP contribution in [0.15, 0.2) is 29.3 Å². The molecule has 0 unspecified atom stereocenters. The van der Waals surface area contributed by atoms with Gasteiger partial charge in [-0.15, -0.1) is 0 Å². The molecule has 0 aliphatic rings. The van der Waals surface area contributed by atoms with Crippen molar-refractivity contribution in [3.05, 3.63) is 29.8 Å². The Morgan fingerprint density at radius 3 is 2.25 bits per heavy atom. The highest BCUT2D eigenvalue weighted by Gasteiger charge is 2.26. The maximum atomic E-state index is 10.8. The number of hydrogen-bond acceptors (Lipinski definition) is 3. The molecule has 0 saturated carbocycles. The van der Waals surface area contributed by atoms with Gasteiger partial charge in [0.05, 0.1) is 11.6 Å². The van der Waals surface area contributed by atoms with Crippen LogP contribution >= 0.6 is 0 Å². The molecule has 1 aromatic carbocycles.